The fourth-order valence-corrected chi connectivity index (χ4v) is 5.80. The molecule has 1 saturated heterocycles. The number of nitrogens with two attached hydrogens (primary N) is 1. The average Bonchev–Trinajstić information content (AvgIpc) is 3.06. The highest BCUT2D eigenvalue weighted by atomic mass is 16.6. The fraction of sp³-hybridized carbons (Fsp3) is 0.559. The third-order valence-electron chi connectivity index (χ3n) is 8.48. The van der Waals surface area contributed by atoms with E-state index in [4.69, 9.17) is 29.4 Å². The second kappa shape index (κ2) is 17.9. The lowest BCUT2D eigenvalue weighted by Gasteiger charge is -2.30. The molecule has 0 saturated carbocycles. The SMILES string of the molecule is COC1=C2C[C@H](C)C[C@H](OC)[C@H](O)[C@H](C)/C=C(\C)[C@H](OC(N)=O)[C@H](OC)/C=C\C=C(\C)C(=O)NC(=C(/C=N/N3CCOCC3)C1=O)C2=O. The van der Waals surface area contributed by atoms with E-state index < -0.39 is 53.9 Å². The third kappa shape index (κ3) is 9.72. The first-order chi connectivity index (χ1) is 22.8. The highest BCUT2D eigenvalue weighted by molar-refractivity contribution is 6.32. The summed E-state index contributed by atoms with van der Waals surface area (Å²) in [4.78, 5) is 53.2. The molecule has 2 bridgehead atoms. The van der Waals surface area contributed by atoms with Gasteiger partial charge in [0.1, 0.15) is 11.8 Å². The van der Waals surface area contributed by atoms with Crippen molar-refractivity contribution in [3.05, 3.63) is 58.1 Å². The van der Waals surface area contributed by atoms with E-state index in [1.54, 1.807) is 37.1 Å². The first kappa shape index (κ1) is 38.3. The lowest BCUT2D eigenvalue weighted by atomic mass is 9.84. The van der Waals surface area contributed by atoms with Crippen LogP contribution in [-0.2, 0) is 38.1 Å². The number of primary amides is 1. The van der Waals surface area contributed by atoms with E-state index in [0.29, 0.717) is 38.3 Å². The van der Waals surface area contributed by atoms with Crippen molar-refractivity contribution in [2.24, 2.45) is 22.7 Å². The number of morpholine rings is 1. The van der Waals surface area contributed by atoms with Crippen LogP contribution in [0.1, 0.15) is 40.5 Å². The molecular weight excluding hydrogens is 624 g/mol. The van der Waals surface area contributed by atoms with Crippen LogP contribution in [0.3, 0.4) is 0 Å². The molecular formula is C34H48N4O10. The molecule has 0 spiro atoms. The van der Waals surface area contributed by atoms with E-state index in [-0.39, 0.29) is 40.5 Å². The third-order valence-corrected chi connectivity index (χ3v) is 8.48. The molecule has 0 aromatic rings. The van der Waals surface area contributed by atoms with Crippen LogP contribution in [0.5, 0.6) is 0 Å². The number of hydrazone groups is 1. The number of amides is 2. The van der Waals surface area contributed by atoms with Crippen molar-refractivity contribution in [3.8, 4) is 0 Å². The van der Waals surface area contributed by atoms with Crippen LogP contribution in [0.2, 0.25) is 0 Å². The fourth-order valence-electron chi connectivity index (χ4n) is 5.80. The van der Waals surface area contributed by atoms with Crippen LogP contribution >= 0.6 is 0 Å². The van der Waals surface area contributed by atoms with Crippen LogP contribution in [0.15, 0.2) is 63.2 Å². The molecule has 14 heteroatoms. The van der Waals surface area contributed by atoms with E-state index in [9.17, 15) is 24.3 Å². The Morgan fingerprint density at radius 3 is 2.40 bits per heavy atom. The Hall–Kier alpha value is -4.11. The van der Waals surface area contributed by atoms with E-state index >= 15 is 0 Å². The molecule has 0 radical (unpaired) electrons. The van der Waals surface area contributed by atoms with E-state index in [1.807, 2.05) is 6.92 Å². The normalized spacial score (nSPS) is 31.6. The molecule has 48 heavy (non-hydrogen) atoms. The van der Waals surface area contributed by atoms with Crippen LogP contribution in [0.4, 0.5) is 4.79 Å². The quantitative estimate of drug-likeness (QED) is 0.213. The van der Waals surface area contributed by atoms with E-state index in [1.165, 1.54) is 40.5 Å². The Bertz CT molecular complexity index is 1410. The second-order valence-corrected chi connectivity index (χ2v) is 12.1. The maximum absolute atomic E-state index is 14.1. The molecule has 2 aliphatic heterocycles. The first-order valence-electron chi connectivity index (χ1n) is 15.8. The summed E-state index contributed by atoms with van der Waals surface area (Å²) in [5.41, 5.74) is 5.91. The molecule has 3 aliphatic rings. The van der Waals surface area contributed by atoms with Gasteiger partial charge in [0, 0.05) is 31.3 Å². The molecule has 0 aromatic carbocycles. The number of aliphatic hydroxyl groups is 1. The molecule has 6 atom stereocenters. The Kier molecular flexibility index (Phi) is 14.3. The summed E-state index contributed by atoms with van der Waals surface area (Å²) in [5, 5.41) is 20.1. The minimum absolute atomic E-state index is 0.0933. The van der Waals surface area contributed by atoms with Crippen molar-refractivity contribution in [2.45, 2.75) is 65.0 Å². The lowest BCUT2D eigenvalue weighted by Crippen LogP contribution is -2.38. The Balaban J connectivity index is 2.15. The number of nitrogens with zero attached hydrogens (tertiary/aromatic N) is 2. The maximum atomic E-state index is 14.1. The van der Waals surface area contributed by atoms with Gasteiger partial charge < -0.3 is 39.8 Å². The zero-order valence-electron chi connectivity index (χ0n) is 28.7. The summed E-state index contributed by atoms with van der Waals surface area (Å²) in [7, 11) is 4.22. The summed E-state index contributed by atoms with van der Waals surface area (Å²) in [5.74, 6) is -2.70. The number of allylic oxidation sites excluding steroid dienone is 4. The number of ketones is 2. The van der Waals surface area contributed by atoms with Gasteiger partial charge in [0.05, 0.1) is 57.4 Å². The predicted molar refractivity (Wildman–Crippen MR) is 176 cm³/mol. The molecule has 1 fully saturated rings. The largest absolute Gasteiger partial charge is 0.492 e. The molecule has 3 rings (SSSR count). The van der Waals surface area contributed by atoms with Gasteiger partial charge in [-0.05, 0) is 38.2 Å². The molecule has 2 amide bonds. The lowest BCUT2D eigenvalue weighted by molar-refractivity contribution is -0.121. The van der Waals surface area contributed by atoms with Crippen LogP contribution in [0.25, 0.3) is 0 Å². The number of methoxy groups -OCH3 is 3. The molecule has 0 unspecified atom stereocenters. The average molecular weight is 673 g/mol. The summed E-state index contributed by atoms with van der Waals surface area (Å²) in [6, 6.07) is 0. The zero-order valence-corrected chi connectivity index (χ0v) is 28.7. The van der Waals surface area contributed by atoms with Crippen molar-refractivity contribution in [1.82, 2.24) is 10.3 Å². The van der Waals surface area contributed by atoms with Crippen LogP contribution in [-0.4, -0.2) is 112 Å². The van der Waals surface area contributed by atoms with Gasteiger partial charge in [0.25, 0.3) is 5.91 Å². The molecule has 1 aliphatic carbocycles. The topological polar surface area (TPSA) is 188 Å². The van der Waals surface area contributed by atoms with E-state index in [2.05, 4.69) is 10.4 Å². The predicted octanol–water partition coefficient (Wildman–Crippen LogP) is 2.10. The molecule has 14 nitrogen and oxygen atoms in total. The number of carbonyl (C=O) groups is 4. The number of aliphatic hydroxyl groups excluding tert-OH is 1. The van der Waals surface area contributed by atoms with Crippen molar-refractivity contribution in [1.29, 1.82) is 0 Å². The minimum atomic E-state index is -1.01. The summed E-state index contributed by atoms with van der Waals surface area (Å²) >= 11 is 0. The summed E-state index contributed by atoms with van der Waals surface area (Å²) in [6.07, 6.45) is 3.60. The highest BCUT2D eigenvalue weighted by Crippen LogP contribution is 2.31. The van der Waals surface area contributed by atoms with Gasteiger partial charge in [-0.25, -0.2) is 4.79 Å². The van der Waals surface area contributed by atoms with Crippen molar-refractivity contribution in [3.63, 3.8) is 0 Å². The zero-order chi connectivity index (χ0) is 35.5. The number of fused-ring (bicyclic) bond motifs is 2. The van der Waals surface area contributed by atoms with Crippen molar-refractivity contribution < 1.29 is 48.0 Å². The van der Waals surface area contributed by atoms with Gasteiger partial charge in [-0.1, -0.05) is 38.2 Å². The number of carbonyl (C=O) groups excluding carboxylic acids is 4. The molecule has 4 N–H and O–H groups in total. The molecule has 2 heterocycles. The van der Waals surface area contributed by atoms with Crippen molar-refractivity contribution in [2.75, 3.05) is 47.6 Å². The van der Waals surface area contributed by atoms with Crippen LogP contribution < -0.4 is 11.1 Å². The minimum Gasteiger partial charge on any atom is -0.492 e. The second-order valence-electron chi connectivity index (χ2n) is 12.1. The monoisotopic (exact) mass is 672 g/mol. The van der Waals surface area contributed by atoms with Crippen molar-refractivity contribution >= 4 is 29.8 Å². The Morgan fingerprint density at radius 2 is 1.79 bits per heavy atom. The molecule has 264 valence electrons. The number of ether oxygens (including phenoxy) is 5. The summed E-state index contributed by atoms with van der Waals surface area (Å²) in [6.45, 7) is 8.82. The summed E-state index contributed by atoms with van der Waals surface area (Å²) < 4.78 is 27.5. The number of hydrogen-bond acceptors (Lipinski definition) is 12. The maximum Gasteiger partial charge on any atom is 0.405 e. The number of rotatable bonds is 6. The van der Waals surface area contributed by atoms with Gasteiger partial charge >= 0.3 is 6.09 Å². The molecule has 0 aromatic heterocycles. The number of hydrogen-bond donors (Lipinski definition) is 3. The smallest absolute Gasteiger partial charge is 0.405 e. The van der Waals surface area contributed by atoms with Crippen LogP contribution in [0, 0.1) is 11.8 Å². The van der Waals surface area contributed by atoms with Gasteiger partial charge in [0.15, 0.2) is 11.9 Å². The standard InChI is InChI=1S/C34H48N4O10/c1-19-15-23-29(40)27(24(30(41)32(23)46-7)18-36-38-11-13-47-14-12-38)37-33(42)20(2)9-8-10-25(44-5)31(48-34(35)43)22(4)17-21(3)28(39)26(16-19)45-6/h8-10,17-19,21,25-26,28,31,39H,11-16H2,1-7H3,(H2,35,43)(H,37,42)/b10-8-,20-9-,22-17+,36-18+/t19-,21+,25+,26-,28+,31-/m0/s1. The number of Topliss-reactive ketones (excluding diaryl/α,β-unsaturated/α-hetero) is 2. The van der Waals surface area contributed by atoms with Gasteiger partial charge in [-0.15, -0.1) is 0 Å². The van der Waals surface area contributed by atoms with Gasteiger partial charge in [-0.3, -0.25) is 19.4 Å². The van der Waals surface area contributed by atoms with E-state index in [0.717, 1.165) is 0 Å². The van der Waals surface area contributed by atoms with Gasteiger partial charge in [0.2, 0.25) is 11.6 Å². The van der Waals surface area contributed by atoms with Gasteiger partial charge in [-0.2, -0.15) is 5.10 Å². The Morgan fingerprint density at radius 1 is 1.10 bits per heavy atom. The Labute approximate surface area is 281 Å². The highest BCUT2D eigenvalue weighted by Gasteiger charge is 2.38. The number of nitrogens with one attached hydrogen (secondary N) is 1. The first-order valence-corrected chi connectivity index (χ1v) is 15.8.